The summed E-state index contributed by atoms with van der Waals surface area (Å²) in [4.78, 5) is 12.5. The van der Waals surface area contributed by atoms with Crippen molar-refractivity contribution < 1.29 is 30.0 Å². The molecule has 0 heterocycles. The Morgan fingerprint density at radius 2 is 1.68 bits per heavy atom. The highest BCUT2D eigenvalue weighted by atomic mass is 16.6. The molecule has 0 radical (unpaired) electrons. The first-order valence-corrected chi connectivity index (χ1v) is 15.2. The van der Waals surface area contributed by atoms with Gasteiger partial charge in [-0.15, -0.1) is 0 Å². The van der Waals surface area contributed by atoms with E-state index in [4.69, 9.17) is 4.74 Å². The van der Waals surface area contributed by atoms with Gasteiger partial charge in [0.25, 0.3) is 0 Å². The number of carbonyl (C=O) groups is 1. The van der Waals surface area contributed by atoms with E-state index < -0.39 is 53.2 Å². The molecule has 0 aromatic heterocycles. The second-order valence-electron chi connectivity index (χ2n) is 15.1. The largest absolute Gasteiger partial charge is 0.459 e. The number of esters is 1. The average molecular weight is 533 g/mol. The van der Waals surface area contributed by atoms with Crippen molar-refractivity contribution in [3.63, 3.8) is 0 Å². The summed E-state index contributed by atoms with van der Waals surface area (Å²) in [6.45, 7) is 17.4. The molecule has 5 aliphatic carbocycles. The first-order valence-electron chi connectivity index (χ1n) is 15.2. The van der Waals surface area contributed by atoms with Gasteiger partial charge in [0.15, 0.2) is 0 Å². The lowest BCUT2D eigenvalue weighted by molar-refractivity contribution is -0.240. The maximum absolute atomic E-state index is 12.5. The summed E-state index contributed by atoms with van der Waals surface area (Å²) in [5, 5.41) is 45.5. The zero-order chi connectivity index (χ0) is 28.1. The lowest BCUT2D eigenvalue weighted by atomic mass is 9.44. The third-order valence-corrected chi connectivity index (χ3v) is 13.3. The van der Waals surface area contributed by atoms with Gasteiger partial charge in [-0.1, -0.05) is 60.1 Å². The van der Waals surface area contributed by atoms with Crippen molar-refractivity contribution >= 4 is 5.97 Å². The molecular weight excluding hydrogens is 480 g/mol. The van der Waals surface area contributed by atoms with E-state index in [1.165, 1.54) is 13.3 Å². The summed E-state index contributed by atoms with van der Waals surface area (Å²) in [6, 6.07) is 0. The number of carbonyl (C=O) groups excluding carboxylic acids is 1. The highest BCUT2D eigenvalue weighted by Gasteiger charge is 2.71. The number of rotatable bonds is 5. The summed E-state index contributed by atoms with van der Waals surface area (Å²) < 4.78 is 6.08. The van der Waals surface area contributed by atoms with Crippen molar-refractivity contribution in [3.8, 4) is 0 Å². The minimum absolute atomic E-state index is 0.0592. The molecule has 216 valence electrons. The predicted octanol–water partition coefficient (Wildman–Crippen LogP) is 4.33. The number of aliphatic hydroxyl groups excluding tert-OH is 4. The van der Waals surface area contributed by atoms with Crippen LogP contribution in [0.4, 0.5) is 0 Å². The second-order valence-corrected chi connectivity index (χ2v) is 15.1. The summed E-state index contributed by atoms with van der Waals surface area (Å²) >= 11 is 0. The highest BCUT2D eigenvalue weighted by molar-refractivity contribution is 5.66. The number of ether oxygens (including phenoxy) is 1. The fourth-order valence-electron chi connectivity index (χ4n) is 10.8. The Hall–Kier alpha value is -0.950. The van der Waals surface area contributed by atoms with Crippen molar-refractivity contribution in [2.45, 2.75) is 118 Å². The lowest BCUT2D eigenvalue weighted by Crippen LogP contribution is -2.68. The van der Waals surface area contributed by atoms with E-state index in [0.717, 1.165) is 18.4 Å². The van der Waals surface area contributed by atoms with Crippen molar-refractivity contribution in [1.82, 2.24) is 0 Å². The zero-order valence-electron chi connectivity index (χ0n) is 24.7. The van der Waals surface area contributed by atoms with Gasteiger partial charge in [0.05, 0.1) is 24.4 Å². The predicted molar refractivity (Wildman–Crippen MR) is 146 cm³/mol. The van der Waals surface area contributed by atoms with E-state index in [9.17, 15) is 25.2 Å². The molecule has 0 amide bonds. The number of hydrogen-bond acceptors (Lipinski definition) is 6. The molecule has 6 heteroatoms. The molecular formula is C32H52O6. The summed E-state index contributed by atoms with van der Waals surface area (Å²) in [5.74, 6) is 1.48. The van der Waals surface area contributed by atoms with E-state index in [0.29, 0.717) is 35.5 Å². The Balaban J connectivity index is 1.55. The van der Waals surface area contributed by atoms with Crippen LogP contribution in [0.3, 0.4) is 0 Å². The topological polar surface area (TPSA) is 107 Å². The standard InChI is InChI=1S/C32H52O6/c1-15(2)17(4)30(6)14-23(30)16(3)21-9-10-22-26-24(35)12-19-11-20(34)13-25(36)31(19,7)27(26)28(37)29(32(21,22)8)38-18(5)33/h12,15-17,20-29,34-37H,9-11,13-14H2,1-8H3/t16-,17+,20+,21?,22?,23+,24+,25-,26?,27?,28-,29+,30?,31+,32+/m0/s1. The van der Waals surface area contributed by atoms with Crippen LogP contribution < -0.4 is 0 Å². The second kappa shape index (κ2) is 9.29. The highest BCUT2D eigenvalue weighted by Crippen LogP contribution is 2.71. The molecule has 0 saturated heterocycles. The number of fused-ring (bicyclic) bond motifs is 5. The fourth-order valence-corrected chi connectivity index (χ4v) is 10.8. The SMILES string of the molecule is CC(=O)O[C@@H]1[C@@H](O)C2C(C3CCC([C@H](C)[C@H]4CC4(C)[C@H](C)C(C)C)[C@]31C)[C@H](O)C=C1C[C@@H](O)C[C@H](O)[C@@]12C. The third kappa shape index (κ3) is 3.83. The smallest absolute Gasteiger partial charge is 0.303 e. The molecule has 0 bridgehead atoms. The van der Waals surface area contributed by atoms with E-state index in [2.05, 4.69) is 41.5 Å². The first-order chi connectivity index (χ1) is 17.6. The molecule has 38 heavy (non-hydrogen) atoms. The minimum Gasteiger partial charge on any atom is -0.459 e. The summed E-state index contributed by atoms with van der Waals surface area (Å²) in [6.07, 6.45) is 1.63. The van der Waals surface area contributed by atoms with Gasteiger partial charge in [0, 0.05) is 30.1 Å². The van der Waals surface area contributed by atoms with Crippen LogP contribution in [0.2, 0.25) is 0 Å². The Kier molecular flexibility index (Phi) is 6.98. The van der Waals surface area contributed by atoms with Gasteiger partial charge in [-0.25, -0.2) is 0 Å². The van der Waals surface area contributed by atoms with Crippen LogP contribution in [0.15, 0.2) is 11.6 Å². The first kappa shape index (κ1) is 28.6. The van der Waals surface area contributed by atoms with Crippen LogP contribution in [0.1, 0.15) is 87.5 Å². The molecule has 4 saturated carbocycles. The lowest BCUT2D eigenvalue weighted by Gasteiger charge is -2.63. The molecule has 0 aromatic rings. The van der Waals surface area contributed by atoms with Crippen LogP contribution in [-0.4, -0.2) is 56.9 Å². The summed E-state index contributed by atoms with van der Waals surface area (Å²) in [7, 11) is 0. The molecule has 5 aliphatic rings. The molecule has 0 spiro atoms. The van der Waals surface area contributed by atoms with Crippen LogP contribution in [0.25, 0.3) is 0 Å². The quantitative estimate of drug-likeness (QED) is 0.310. The van der Waals surface area contributed by atoms with E-state index in [1.807, 2.05) is 13.0 Å². The molecule has 4 N–H and O–H groups in total. The fraction of sp³-hybridized carbons (Fsp3) is 0.906. The third-order valence-electron chi connectivity index (χ3n) is 13.3. The molecule has 15 atom stereocenters. The van der Waals surface area contributed by atoms with E-state index >= 15 is 0 Å². The average Bonchev–Trinajstić information content (AvgIpc) is 3.39. The molecule has 4 fully saturated rings. The molecule has 5 unspecified atom stereocenters. The Labute approximate surface area is 229 Å². The monoisotopic (exact) mass is 532 g/mol. The Bertz CT molecular complexity index is 977. The van der Waals surface area contributed by atoms with Crippen molar-refractivity contribution in [2.24, 2.45) is 63.6 Å². The zero-order valence-corrected chi connectivity index (χ0v) is 24.7. The van der Waals surface area contributed by atoms with Crippen LogP contribution >= 0.6 is 0 Å². The molecule has 0 aromatic carbocycles. The van der Waals surface area contributed by atoms with Crippen LogP contribution in [-0.2, 0) is 9.53 Å². The Morgan fingerprint density at radius 3 is 2.29 bits per heavy atom. The number of aliphatic hydroxyl groups is 4. The number of hydrogen-bond donors (Lipinski definition) is 4. The van der Waals surface area contributed by atoms with E-state index in [1.54, 1.807) is 0 Å². The van der Waals surface area contributed by atoms with Gasteiger partial charge in [0.2, 0.25) is 0 Å². The van der Waals surface area contributed by atoms with Crippen molar-refractivity contribution in [2.75, 3.05) is 0 Å². The summed E-state index contributed by atoms with van der Waals surface area (Å²) in [5.41, 5.74) is -0.135. The molecule has 0 aliphatic heterocycles. The Morgan fingerprint density at radius 1 is 1.03 bits per heavy atom. The van der Waals surface area contributed by atoms with Crippen LogP contribution in [0, 0.1) is 63.6 Å². The van der Waals surface area contributed by atoms with Crippen molar-refractivity contribution in [1.29, 1.82) is 0 Å². The van der Waals surface area contributed by atoms with Gasteiger partial charge in [0.1, 0.15) is 6.10 Å². The molecule has 5 rings (SSSR count). The van der Waals surface area contributed by atoms with Gasteiger partial charge in [-0.3, -0.25) is 4.79 Å². The maximum Gasteiger partial charge on any atom is 0.303 e. The van der Waals surface area contributed by atoms with Crippen molar-refractivity contribution in [3.05, 3.63) is 11.6 Å². The van der Waals surface area contributed by atoms with Gasteiger partial charge >= 0.3 is 5.97 Å². The maximum atomic E-state index is 12.5. The van der Waals surface area contributed by atoms with Crippen LogP contribution in [0.5, 0.6) is 0 Å². The normalized spacial score (nSPS) is 53.3. The minimum atomic E-state index is -1.01. The van der Waals surface area contributed by atoms with Gasteiger partial charge in [-0.2, -0.15) is 0 Å². The van der Waals surface area contributed by atoms with Gasteiger partial charge in [-0.05, 0) is 72.5 Å². The van der Waals surface area contributed by atoms with E-state index in [-0.39, 0.29) is 24.2 Å². The molecule has 6 nitrogen and oxygen atoms in total. The van der Waals surface area contributed by atoms with Gasteiger partial charge < -0.3 is 25.2 Å².